The minimum atomic E-state index is 0.125. The van der Waals surface area contributed by atoms with E-state index in [1.165, 1.54) is 41.8 Å². The number of hydrogen-bond acceptors (Lipinski definition) is 3. The Bertz CT molecular complexity index is 717. The Hall–Kier alpha value is -1.68. The number of rotatable bonds is 3. The summed E-state index contributed by atoms with van der Waals surface area (Å²) >= 11 is 1.77. The number of thiazole rings is 1. The lowest BCUT2D eigenvalue weighted by molar-refractivity contribution is -0.126. The molecule has 2 aliphatic carbocycles. The van der Waals surface area contributed by atoms with Gasteiger partial charge in [-0.25, -0.2) is 4.98 Å². The van der Waals surface area contributed by atoms with Gasteiger partial charge in [-0.3, -0.25) is 4.79 Å². The number of aromatic nitrogens is 1. The van der Waals surface area contributed by atoms with Crippen LogP contribution in [0.15, 0.2) is 30.3 Å². The zero-order valence-corrected chi connectivity index (χ0v) is 15.5. The normalized spacial score (nSPS) is 21.4. The van der Waals surface area contributed by atoms with Gasteiger partial charge in [-0.05, 0) is 32.1 Å². The zero-order valence-electron chi connectivity index (χ0n) is 14.7. The first kappa shape index (κ1) is 16.8. The van der Waals surface area contributed by atoms with Crippen LogP contribution >= 0.6 is 11.3 Å². The van der Waals surface area contributed by atoms with Gasteiger partial charge in [0.05, 0.1) is 5.69 Å². The maximum absolute atomic E-state index is 12.7. The van der Waals surface area contributed by atoms with Gasteiger partial charge in [0, 0.05) is 22.4 Å². The fourth-order valence-electron chi connectivity index (χ4n) is 4.05. The molecule has 2 aliphatic rings. The second-order valence-electron chi connectivity index (χ2n) is 7.39. The molecule has 4 rings (SSSR count). The van der Waals surface area contributed by atoms with E-state index in [1.54, 1.807) is 11.3 Å². The summed E-state index contributed by atoms with van der Waals surface area (Å²) in [6.45, 7) is 0. The monoisotopic (exact) mass is 354 g/mol. The molecule has 1 N–H and O–H groups in total. The summed E-state index contributed by atoms with van der Waals surface area (Å²) < 4.78 is 0. The van der Waals surface area contributed by atoms with Gasteiger partial charge in [0.15, 0.2) is 0 Å². The van der Waals surface area contributed by atoms with Crippen LogP contribution in [-0.4, -0.2) is 16.9 Å². The number of fused-ring (bicyclic) bond motifs is 1. The number of nitrogens with one attached hydrogen (secondary N) is 1. The number of carbonyl (C=O) groups is 1. The van der Waals surface area contributed by atoms with Crippen LogP contribution in [0.5, 0.6) is 0 Å². The van der Waals surface area contributed by atoms with Crippen molar-refractivity contribution in [3.63, 3.8) is 0 Å². The Kier molecular flexibility index (Phi) is 5.16. The van der Waals surface area contributed by atoms with Gasteiger partial charge in [-0.1, -0.05) is 56.0 Å². The molecule has 2 aromatic rings. The molecule has 25 heavy (non-hydrogen) atoms. The van der Waals surface area contributed by atoms with E-state index in [4.69, 9.17) is 4.98 Å². The predicted molar refractivity (Wildman–Crippen MR) is 103 cm³/mol. The van der Waals surface area contributed by atoms with E-state index < -0.39 is 0 Å². The van der Waals surface area contributed by atoms with E-state index in [0.717, 1.165) is 37.1 Å². The molecular formula is C21H26N2OS. The van der Waals surface area contributed by atoms with Gasteiger partial charge in [-0.2, -0.15) is 0 Å². The molecule has 0 aliphatic heterocycles. The molecule has 1 saturated carbocycles. The summed E-state index contributed by atoms with van der Waals surface area (Å²) in [7, 11) is 0. The van der Waals surface area contributed by atoms with E-state index in [1.807, 2.05) is 6.07 Å². The van der Waals surface area contributed by atoms with Crippen molar-refractivity contribution in [2.75, 3.05) is 0 Å². The van der Waals surface area contributed by atoms with E-state index in [0.29, 0.717) is 6.04 Å². The van der Waals surface area contributed by atoms with Crippen LogP contribution in [-0.2, 0) is 17.6 Å². The molecule has 132 valence electrons. The van der Waals surface area contributed by atoms with E-state index in [9.17, 15) is 4.79 Å². The number of nitrogens with zero attached hydrogens (tertiary/aromatic N) is 1. The van der Waals surface area contributed by atoms with Gasteiger partial charge < -0.3 is 5.32 Å². The van der Waals surface area contributed by atoms with Gasteiger partial charge in [-0.15, -0.1) is 11.3 Å². The molecule has 1 unspecified atom stereocenters. The lowest BCUT2D eigenvalue weighted by Gasteiger charge is -2.24. The first-order valence-corrected chi connectivity index (χ1v) is 10.5. The topological polar surface area (TPSA) is 42.0 Å². The molecule has 1 atom stereocenters. The van der Waals surface area contributed by atoms with Crippen molar-refractivity contribution in [2.45, 2.75) is 63.8 Å². The highest BCUT2D eigenvalue weighted by molar-refractivity contribution is 7.15. The van der Waals surface area contributed by atoms with Crippen molar-refractivity contribution in [1.82, 2.24) is 10.3 Å². The van der Waals surface area contributed by atoms with Crippen LogP contribution in [0.2, 0.25) is 0 Å². The maximum Gasteiger partial charge on any atom is 0.223 e. The lowest BCUT2D eigenvalue weighted by atomic mass is 9.90. The Morgan fingerprint density at radius 2 is 1.80 bits per heavy atom. The van der Waals surface area contributed by atoms with E-state index >= 15 is 0 Å². The van der Waals surface area contributed by atoms with Crippen molar-refractivity contribution in [3.05, 3.63) is 40.9 Å². The number of benzene rings is 1. The molecule has 1 heterocycles. The fourth-order valence-corrected chi connectivity index (χ4v) is 5.24. The average Bonchev–Trinajstić information content (AvgIpc) is 2.91. The number of carbonyl (C=O) groups excluding carboxylic acids is 1. The Labute approximate surface area is 153 Å². The van der Waals surface area contributed by atoms with Crippen molar-refractivity contribution >= 4 is 17.2 Å². The fraction of sp³-hybridized carbons (Fsp3) is 0.524. The van der Waals surface area contributed by atoms with Crippen LogP contribution in [0.4, 0.5) is 0 Å². The Morgan fingerprint density at radius 1 is 1.04 bits per heavy atom. The largest absolute Gasteiger partial charge is 0.353 e. The van der Waals surface area contributed by atoms with Crippen LogP contribution < -0.4 is 5.32 Å². The summed E-state index contributed by atoms with van der Waals surface area (Å²) in [4.78, 5) is 18.9. The molecule has 4 heteroatoms. The van der Waals surface area contributed by atoms with E-state index in [-0.39, 0.29) is 11.8 Å². The predicted octanol–water partition coefficient (Wildman–Crippen LogP) is 4.75. The minimum Gasteiger partial charge on any atom is -0.353 e. The van der Waals surface area contributed by atoms with E-state index in [2.05, 4.69) is 29.6 Å². The third-order valence-electron chi connectivity index (χ3n) is 5.53. The van der Waals surface area contributed by atoms with Crippen LogP contribution in [0.1, 0.15) is 55.5 Å². The highest BCUT2D eigenvalue weighted by Crippen LogP contribution is 2.34. The minimum absolute atomic E-state index is 0.125. The highest BCUT2D eigenvalue weighted by atomic mass is 32.1. The summed E-state index contributed by atoms with van der Waals surface area (Å²) in [5.74, 6) is 0.395. The molecule has 1 aromatic carbocycles. The Morgan fingerprint density at radius 3 is 2.56 bits per heavy atom. The molecule has 1 aromatic heterocycles. The second-order valence-corrected chi connectivity index (χ2v) is 8.48. The number of hydrogen-bond donors (Lipinski definition) is 1. The molecule has 0 radical (unpaired) electrons. The summed E-state index contributed by atoms with van der Waals surface area (Å²) in [5, 5.41) is 4.44. The van der Waals surface area contributed by atoms with Crippen LogP contribution in [0.25, 0.3) is 10.6 Å². The average molecular weight is 355 g/mol. The molecule has 1 fully saturated rings. The summed E-state index contributed by atoms with van der Waals surface area (Å²) in [6.07, 6.45) is 10.2. The van der Waals surface area contributed by atoms with Crippen LogP contribution in [0, 0.1) is 5.92 Å². The molecule has 0 spiro atoms. The lowest BCUT2D eigenvalue weighted by Crippen LogP contribution is -2.40. The SMILES string of the molecule is O=C(NC1CCCCCC1)C1CCc2nc(-c3ccccc3)sc2C1. The van der Waals surface area contributed by atoms with Gasteiger partial charge >= 0.3 is 0 Å². The third kappa shape index (κ3) is 3.95. The van der Waals surface area contributed by atoms with Gasteiger partial charge in [0.2, 0.25) is 5.91 Å². The molecular weight excluding hydrogens is 328 g/mol. The van der Waals surface area contributed by atoms with Gasteiger partial charge in [0.1, 0.15) is 5.01 Å². The number of amides is 1. The van der Waals surface area contributed by atoms with Crippen LogP contribution in [0.3, 0.4) is 0 Å². The molecule has 0 saturated heterocycles. The first-order valence-electron chi connectivity index (χ1n) is 9.64. The van der Waals surface area contributed by atoms with Crippen molar-refractivity contribution in [3.8, 4) is 10.6 Å². The number of aryl methyl sites for hydroxylation is 1. The first-order chi connectivity index (χ1) is 12.3. The zero-order chi connectivity index (χ0) is 17.1. The summed E-state index contributed by atoms with van der Waals surface area (Å²) in [5.41, 5.74) is 2.39. The second kappa shape index (κ2) is 7.69. The van der Waals surface area contributed by atoms with Crippen molar-refractivity contribution in [2.24, 2.45) is 5.92 Å². The third-order valence-corrected chi connectivity index (χ3v) is 6.70. The molecule has 0 bridgehead atoms. The highest BCUT2D eigenvalue weighted by Gasteiger charge is 2.29. The quantitative estimate of drug-likeness (QED) is 0.808. The Balaban J connectivity index is 1.42. The van der Waals surface area contributed by atoms with Crippen molar-refractivity contribution < 1.29 is 4.79 Å². The van der Waals surface area contributed by atoms with Gasteiger partial charge in [0.25, 0.3) is 0 Å². The van der Waals surface area contributed by atoms with Crippen molar-refractivity contribution in [1.29, 1.82) is 0 Å². The maximum atomic E-state index is 12.7. The standard InChI is InChI=1S/C21H26N2OS/c24-20(22-17-10-6-1-2-7-11-17)16-12-13-18-19(14-16)25-21(23-18)15-8-4-3-5-9-15/h3-5,8-9,16-17H,1-2,6-7,10-14H2,(H,22,24). The molecule has 3 nitrogen and oxygen atoms in total. The summed E-state index contributed by atoms with van der Waals surface area (Å²) in [6, 6.07) is 10.8. The molecule has 1 amide bonds. The smallest absolute Gasteiger partial charge is 0.223 e.